The molecule has 1 aromatic rings. The third-order valence-electron chi connectivity index (χ3n) is 2.76. The zero-order valence-corrected chi connectivity index (χ0v) is 9.20. The van der Waals surface area contributed by atoms with Crippen molar-refractivity contribution < 1.29 is 4.39 Å². The molecule has 0 saturated carbocycles. The topological polar surface area (TPSA) is 0 Å². The summed E-state index contributed by atoms with van der Waals surface area (Å²) < 4.78 is 14.0. The van der Waals surface area contributed by atoms with E-state index in [1.54, 1.807) is 12.1 Å². The van der Waals surface area contributed by atoms with Crippen LogP contribution in [0.5, 0.6) is 0 Å². The zero-order chi connectivity index (χ0) is 9.42. The highest BCUT2D eigenvalue weighted by Gasteiger charge is 2.19. The van der Waals surface area contributed by atoms with Crippen molar-refractivity contribution in [2.24, 2.45) is 0 Å². The Morgan fingerprint density at radius 2 is 2.23 bits per heavy atom. The Balaban J connectivity index is 2.56. The van der Waals surface area contributed by atoms with E-state index in [-0.39, 0.29) is 5.82 Å². The molecule has 0 saturated heterocycles. The summed E-state index contributed by atoms with van der Waals surface area (Å²) in [6, 6.07) is 3.25. The molecule has 0 N–H and O–H groups in total. The first kappa shape index (κ1) is 9.20. The Morgan fingerprint density at radius 1 is 1.46 bits per heavy atom. The molecule has 1 aromatic carbocycles. The summed E-state index contributed by atoms with van der Waals surface area (Å²) >= 11 is 3.43. The van der Waals surface area contributed by atoms with Crippen molar-refractivity contribution in [3.8, 4) is 0 Å². The standard InChI is InChI=1S/C11H12BrF/c1-7-3-2-4-8-5-9(13)6-10(12)11(7)8/h5-7H,2-4H2,1H3. The lowest BCUT2D eigenvalue weighted by Gasteiger charge is -2.23. The lowest BCUT2D eigenvalue weighted by molar-refractivity contribution is 0.572. The molecule has 0 aromatic heterocycles. The van der Waals surface area contributed by atoms with Crippen molar-refractivity contribution >= 4 is 15.9 Å². The minimum absolute atomic E-state index is 0.125. The molecule has 70 valence electrons. The maximum Gasteiger partial charge on any atom is 0.124 e. The molecule has 0 spiro atoms. The highest BCUT2D eigenvalue weighted by Crippen LogP contribution is 2.36. The van der Waals surface area contributed by atoms with E-state index in [1.807, 2.05) is 0 Å². The number of hydrogen-bond donors (Lipinski definition) is 0. The molecule has 13 heavy (non-hydrogen) atoms. The highest BCUT2D eigenvalue weighted by molar-refractivity contribution is 9.10. The van der Waals surface area contributed by atoms with Crippen molar-refractivity contribution in [3.63, 3.8) is 0 Å². The van der Waals surface area contributed by atoms with Gasteiger partial charge < -0.3 is 0 Å². The van der Waals surface area contributed by atoms with Crippen LogP contribution in [0.15, 0.2) is 16.6 Å². The largest absolute Gasteiger partial charge is 0.207 e. The van der Waals surface area contributed by atoms with Gasteiger partial charge in [0.1, 0.15) is 5.82 Å². The molecule has 0 radical (unpaired) electrons. The molecule has 2 heteroatoms. The first-order chi connectivity index (χ1) is 6.18. The molecular formula is C11H12BrF. The smallest absolute Gasteiger partial charge is 0.124 e. The Morgan fingerprint density at radius 3 is 3.00 bits per heavy atom. The third-order valence-corrected chi connectivity index (χ3v) is 3.41. The van der Waals surface area contributed by atoms with Gasteiger partial charge in [-0.1, -0.05) is 22.9 Å². The SMILES string of the molecule is CC1CCCc2cc(F)cc(Br)c21. The van der Waals surface area contributed by atoms with Gasteiger partial charge in [-0.15, -0.1) is 0 Å². The third kappa shape index (κ3) is 1.64. The van der Waals surface area contributed by atoms with E-state index in [9.17, 15) is 4.39 Å². The van der Waals surface area contributed by atoms with Crippen LogP contribution in [-0.2, 0) is 6.42 Å². The first-order valence-corrected chi connectivity index (χ1v) is 5.45. The lowest BCUT2D eigenvalue weighted by Crippen LogP contribution is -2.08. The average molecular weight is 243 g/mol. The van der Waals surface area contributed by atoms with E-state index in [0.717, 1.165) is 10.9 Å². The molecule has 1 aliphatic rings. The monoisotopic (exact) mass is 242 g/mol. The van der Waals surface area contributed by atoms with Crippen molar-refractivity contribution in [2.45, 2.75) is 32.1 Å². The number of fused-ring (bicyclic) bond motifs is 1. The summed E-state index contributed by atoms with van der Waals surface area (Å²) in [4.78, 5) is 0. The Hall–Kier alpha value is -0.370. The molecular weight excluding hydrogens is 231 g/mol. The Bertz CT molecular complexity index is 333. The summed E-state index contributed by atoms with van der Waals surface area (Å²) in [7, 11) is 0. The van der Waals surface area contributed by atoms with E-state index >= 15 is 0 Å². The fourth-order valence-electron chi connectivity index (χ4n) is 2.14. The van der Waals surface area contributed by atoms with E-state index in [0.29, 0.717) is 5.92 Å². The van der Waals surface area contributed by atoms with Crippen LogP contribution in [0.3, 0.4) is 0 Å². The number of benzene rings is 1. The average Bonchev–Trinajstić information content (AvgIpc) is 2.02. The molecule has 1 aliphatic carbocycles. The Labute approximate surface area is 86.3 Å². The van der Waals surface area contributed by atoms with Crippen molar-refractivity contribution in [2.75, 3.05) is 0 Å². The second-order valence-corrected chi connectivity index (χ2v) is 4.61. The summed E-state index contributed by atoms with van der Waals surface area (Å²) in [5.41, 5.74) is 2.50. The molecule has 0 bridgehead atoms. The van der Waals surface area contributed by atoms with Crippen LogP contribution >= 0.6 is 15.9 Å². The van der Waals surface area contributed by atoms with Crippen LogP contribution in [0.4, 0.5) is 4.39 Å². The van der Waals surface area contributed by atoms with E-state index in [1.165, 1.54) is 24.0 Å². The second-order valence-electron chi connectivity index (χ2n) is 3.75. The quantitative estimate of drug-likeness (QED) is 0.645. The second kappa shape index (κ2) is 3.41. The number of hydrogen-bond acceptors (Lipinski definition) is 0. The van der Waals surface area contributed by atoms with Gasteiger partial charge in [-0.2, -0.15) is 0 Å². The first-order valence-electron chi connectivity index (χ1n) is 4.66. The lowest BCUT2D eigenvalue weighted by atomic mass is 9.84. The predicted molar refractivity (Wildman–Crippen MR) is 55.5 cm³/mol. The van der Waals surface area contributed by atoms with Gasteiger partial charge in [0.15, 0.2) is 0 Å². The molecule has 1 atom stereocenters. The van der Waals surface area contributed by atoms with Gasteiger partial charge in [0.25, 0.3) is 0 Å². The van der Waals surface area contributed by atoms with Crippen molar-refractivity contribution in [1.29, 1.82) is 0 Å². The van der Waals surface area contributed by atoms with Gasteiger partial charge in [-0.3, -0.25) is 0 Å². The summed E-state index contributed by atoms with van der Waals surface area (Å²) in [6.07, 6.45) is 3.43. The minimum atomic E-state index is -0.125. The summed E-state index contributed by atoms with van der Waals surface area (Å²) in [5, 5.41) is 0. The summed E-state index contributed by atoms with van der Waals surface area (Å²) in [5.74, 6) is 0.443. The molecule has 0 heterocycles. The predicted octanol–water partition coefficient (Wildman–Crippen LogP) is 4.03. The van der Waals surface area contributed by atoms with Crippen LogP contribution < -0.4 is 0 Å². The van der Waals surface area contributed by atoms with Crippen LogP contribution in [0.1, 0.15) is 36.8 Å². The number of rotatable bonds is 0. The molecule has 0 nitrogen and oxygen atoms in total. The minimum Gasteiger partial charge on any atom is -0.207 e. The van der Waals surface area contributed by atoms with Crippen LogP contribution in [0.2, 0.25) is 0 Å². The molecule has 1 unspecified atom stereocenters. The van der Waals surface area contributed by atoms with Crippen molar-refractivity contribution in [1.82, 2.24) is 0 Å². The Kier molecular flexibility index (Phi) is 2.41. The molecule has 2 rings (SSSR count). The maximum absolute atomic E-state index is 13.1. The normalized spacial score (nSPS) is 21.3. The van der Waals surface area contributed by atoms with Gasteiger partial charge >= 0.3 is 0 Å². The van der Waals surface area contributed by atoms with Gasteiger partial charge in [-0.25, -0.2) is 4.39 Å². The summed E-state index contributed by atoms with van der Waals surface area (Å²) in [6.45, 7) is 2.21. The van der Waals surface area contributed by atoms with Crippen molar-refractivity contribution in [3.05, 3.63) is 33.5 Å². The van der Waals surface area contributed by atoms with Crippen LogP contribution in [0.25, 0.3) is 0 Å². The van der Waals surface area contributed by atoms with E-state index in [4.69, 9.17) is 0 Å². The number of halogens is 2. The van der Waals surface area contributed by atoms with Gasteiger partial charge in [-0.05, 0) is 48.4 Å². The van der Waals surface area contributed by atoms with Crippen LogP contribution in [-0.4, -0.2) is 0 Å². The maximum atomic E-state index is 13.1. The fourth-order valence-corrected chi connectivity index (χ4v) is 3.00. The molecule has 0 amide bonds. The van der Waals surface area contributed by atoms with E-state index < -0.39 is 0 Å². The highest BCUT2D eigenvalue weighted by atomic mass is 79.9. The van der Waals surface area contributed by atoms with Gasteiger partial charge in [0, 0.05) is 4.47 Å². The fraction of sp³-hybridized carbons (Fsp3) is 0.455. The molecule has 0 aliphatic heterocycles. The number of aryl methyl sites for hydroxylation is 1. The van der Waals surface area contributed by atoms with Gasteiger partial charge in [0.05, 0.1) is 0 Å². The van der Waals surface area contributed by atoms with Crippen LogP contribution in [0, 0.1) is 5.82 Å². The molecule has 0 fully saturated rings. The zero-order valence-electron chi connectivity index (χ0n) is 7.61. The van der Waals surface area contributed by atoms with Gasteiger partial charge in [0.2, 0.25) is 0 Å². The van der Waals surface area contributed by atoms with E-state index in [2.05, 4.69) is 22.9 Å².